The maximum Gasteiger partial charge on any atom is 0.311 e. The molecule has 7 nitrogen and oxygen atoms in total. The second-order valence-electron chi connectivity index (χ2n) is 4.72. The third-order valence-electron chi connectivity index (χ3n) is 3.04. The zero-order chi connectivity index (χ0) is 16.9. The Balaban J connectivity index is 1.61. The molecule has 0 unspecified atom stereocenters. The topological polar surface area (TPSA) is 82.0 Å². The zero-order valence-corrected chi connectivity index (χ0v) is 13.6. The van der Waals surface area contributed by atoms with Crippen molar-refractivity contribution in [3.05, 3.63) is 34.6 Å². The molecule has 1 N–H and O–H groups in total. The van der Waals surface area contributed by atoms with Gasteiger partial charge in [0.2, 0.25) is 11.9 Å². The van der Waals surface area contributed by atoms with E-state index < -0.39 is 5.82 Å². The minimum Gasteiger partial charge on any atom is -0.466 e. The SMILES string of the molecule is CCOC(=O)Cc1csc(NN=Cc2cc3c(cc2F)OCO3)n1. The molecular formula is C15H14FN3O4S. The lowest BCUT2D eigenvalue weighted by Crippen LogP contribution is -2.07. The van der Waals surface area contributed by atoms with Crippen molar-refractivity contribution in [2.75, 3.05) is 18.8 Å². The van der Waals surface area contributed by atoms with Crippen molar-refractivity contribution in [3.8, 4) is 11.5 Å². The number of carbonyl (C=O) groups is 1. The number of benzene rings is 1. The first-order valence-electron chi connectivity index (χ1n) is 7.14. The van der Waals surface area contributed by atoms with Gasteiger partial charge in [0.05, 0.1) is 24.9 Å². The van der Waals surface area contributed by atoms with Gasteiger partial charge in [0.15, 0.2) is 11.5 Å². The number of carbonyl (C=O) groups excluding carboxylic acids is 1. The Morgan fingerprint density at radius 1 is 1.50 bits per heavy atom. The fourth-order valence-electron chi connectivity index (χ4n) is 1.99. The van der Waals surface area contributed by atoms with Crippen LogP contribution in [0.25, 0.3) is 0 Å². The number of fused-ring (bicyclic) bond motifs is 1. The molecule has 1 aliphatic heterocycles. The first kappa shape index (κ1) is 16.2. The van der Waals surface area contributed by atoms with Crippen LogP contribution in [0.15, 0.2) is 22.6 Å². The quantitative estimate of drug-likeness (QED) is 0.489. The highest BCUT2D eigenvalue weighted by Crippen LogP contribution is 2.33. The lowest BCUT2D eigenvalue weighted by Gasteiger charge is -2.00. The summed E-state index contributed by atoms with van der Waals surface area (Å²) in [6, 6.07) is 2.77. The van der Waals surface area contributed by atoms with E-state index in [2.05, 4.69) is 15.5 Å². The average Bonchev–Trinajstić information content (AvgIpc) is 3.16. The predicted molar refractivity (Wildman–Crippen MR) is 86.2 cm³/mol. The van der Waals surface area contributed by atoms with E-state index in [1.165, 1.54) is 29.7 Å². The van der Waals surface area contributed by atoms with Gasteiger partial charge in [-0.1, -0.05) is 0 Å². The summed E-state index contributed by atoms with van der Waals surface area (Å²) in [6.45, 7) is 2.16. The summed E-state index contributed by atoms with van der Waals surface area (Å²) < 4.78 is 29.0. The van der Waals surface area contributed by atoms with Crippen molar-refractivity contribution < 1.29 is 23.4 Å². The van der Waals surface area contributed by atoms with E-state index in [1.54, 1.807) is 12.3 Å². The van der Waals surface area contributed by atoms with Crippen molar-refractivity contribution in [1.82, 2.24) is 4.98 Å². The van der Waals surface area contributed by atoms with Crippen LogP contribution in [0.1, 0.15) is 18.2 Å². The van der Waals surface area contributed by atoms with E-state index in [9.17, 15) is 9.18 Å². The highest BCUT2D eigenvalue weighted by Gasteiger charge is 2.16. The Morgan fingerprint density at radius 2 is 2.29 bits per heavy atom. The first-order valence-corrected chi connectivity index (χ1v) is 8.02. The second kappa shape index (κ2) is 7.26. The van der Waals surface area contributed by atoms with Crippen LogP contribution in [-0.2, 0) is 16.0 Å². The molecule has 9 heteroatoms. The molecule has 2 heterocycles. The Kier molecular flexibility index (Phi) is 4.90. The Labute approximate surface area is 141 Å². The molecule has 0 atom stereocenters. The Bertz CT molecular complexity index is 778. The van der Waals surface area contributed by atoms with E-state index in [0.717, 1.165) is 0 Å². The number of thiazole rings is 1. The zero-order valence-electron chi connectivity index (χ0n) is 12.7. The maximum atomic E-state index is 13.9. The van der Waals surface area contributed by atoms with E-state index in [1.807, 2.05) is 0 Å². The fourth-order valence-corrected chi connectivity index (χ4v) is 2.65. The summed E-state index contributed by atoms with van der Waals surface area (Å²) in [4.78, 5) is 15.6. The van der Waals surface area contributed by atoms with Gasteiger partial charge in [-0.15, -0.1) is 11.3 Å². The van der Waals surface area contributed by atoms with Gasteiger partial charge in [-0.05, 0) is 13.0 Å². The van der Waals surface area contributed by atoms with Crippen LogP contribution < -0.4 is 14.9 Å². The van der Waals surface area contributed by atoms with Crippen LogP contribution in [0, 0.1) is 5.82 Å². The maximum absolute atomic E-state index is 13.9. The highest BCUT2D eigenvalue weighted by molar-refractivity contribution is 7.13. The van der Waals surface area contributed by atoms with Gasteiger partial charge in [-0.3, -0.25) is 10.2 Å². The number of hydrogen-bond acceptors (Lipinski definition) is 8. The summed E-state index contributed by atoms with van der Waals surface area (Å²) in [5.74, 6) is 0.0529. The molecule has 24 heavy (non-hydrogen) atoms. The summed E-state index contributed by atoms with van der Waals surface area (Å²) in [6.07, 6.45) is 1.43. The van der Waals surface area contributed by atoms with Crippen molar-refractivity contribution >= 4 is 28.7 Å². The molecule has 2 aromatic rings. The molecule has 0 spiro atoms. The van der Waals surface area contributed by atoms with Gasteiger partial charge in [-0.2, -0.15) is 5.10 Å². The van der Waals surface area contributed by atoms with E-state index in [0.29, 0.717) is 28.9 Å². The van der Waals surface area contributed by atoms with Crippen molar-refractivity contribution in [2.45, 2.75) is 13.3 Å². The third-order valence-corrected chi connectivity index (χ3v) is 3.83. The minimum absolute atomic E-state index is 0.0793. The van der Waals surface area contributed by atoms with Gasteiger partial charge in [0.25, 0.3) is 0 Å². The van der Waals surface area contributed by atoms with Gasteiger partial charge < -0.3 is 14.2 Å². The second-order valence-corrected chi connectivity index (χ2v) is 5.58. The number of nitrogens with zero attached hydrogens (tertiary/aromatic N) is 2. The Hall–Kier alpha value is -2.68. The normalized spacial score (nSPS) is 12.6. The number of anilines is 1. The number of ether oxygens (including phenoxy) is 3. The Morgan fingerprint density at radius 3 is 3.08 bits per heavy atom. The summed E-state index contributed by atoms with van der Waals surface area (Å²) in [7, 11) is 0. The molecule has 0 saturated heterocycles. The van der Waals surface area contributed by atoms with Crippen molar-refractivity contribution in [3.63, 3.8) is 0 Å². The van der Waals surface area contributed by atoms with Gasteiger partial charge >= 0.3 is 5.97 Å². The lowest BCUT2D eigenvalue weighted by molar-refractivity contribution is -0.142. The third kappa shape index (κ3) is 3.80. The van der Waals surface area contributed by atoms with Gasteiger partial charge in [0, 0.05) is 17.0 Å². The number of nitrogens with one attached hydrogen (secondary N) is 1. The monoisotopic (exact) mass is 351 g/mol. The van der Waals surface area contributed by atoms with E-state index in [-0.39, 0.29) is 24.7 Å². The molecule has 3 rings (SSSR count). The predicted octanol–water partition coefficient (Wildman–Crippen LogP) is 2.56. The van der Waals surface area contributed by atoms with Crippen LogP contribution in [-0.4, -0.2) is 30.6 Å². The molecule has 0 radical (unpaired) electrons. The molecule has 1 aliphatic rings. The van der Waals surface area contributed by atoms with Crippen molar-refractivity contribution in [1.29, 1.82) is 0 Å². The summed E-state index contributed by atoms with van der Waals surface area (Å²) in [5, 5.41) is 6.17. The number of esters is 1. The van der Waals surface area contributed by atoms with Crippen LogP contribution in [0.5, 0.6) is 11.5 Å². The number of hydrogen-bond donors (Lipinski definition) is 1. The molecule has 126 valence electrons. The number of halogens is 1. The van der Waals surface area contributed by atoms with Crippen LogP contribution in [0.2, 0.25) is 0 Å². The number of hydrazone groups is 1. The van der Waals surface area contributed by atoms with Crippen molar-refractivity contribution in [2.24, 2.45) is 5.10 Å². The summed E-state index contributed by atoms with van der Waals surface area (Å²) in [5.41, 5.74) is 3.55. The smallest absolute Gasteiger partial charge is 0.311 e. The lowest BCUT2D eigenvalue weighted by atomic mass is 10.2. The van der Waals surface area contributed by atoms with E-state index >= 15 is 0 Å². The minimum atomic E-state index is -0.466. The van der Waals surface area contributed by atoms with E-state index in [4.69, 9.17) is 14.2 Å². The average molecular weight is 351 g/mol. The summed E-state index contributed by atoms with van der Waals surface area (Å²) >= 11 is 1.29. The fraction of sp³-hybridized carbons (Fsp3) is 0.267. The van der Waals surface area contributed by atoms with Gasteiger partial charge in [0.1, 0.15) is 5.82 Å². The largest absolute Gasteiger partial charge is 0.466 e. The molecule has 0 amide bonds. The molecule has 0 aliphatic carbocycles. The number of rotatable bonds is 6. The molecule has 0 fully saturated rings. The standard InChI is InChI=1S/C15H14FN3O4S/c1-2-21-14(20)4-10-7-24-15(18-10)19-17-6-9-3-12-13(5-11(9)16)23-8-22-12/h3,5-7H,2,4,8H2,1H3,(H,18,19). The van der Waals surface area contributed by atoms with Gasteiger partial charge in [-0.25, -0.2) is 9.37 Å². The van der Waals surface area contributed by atoms with Crippen LogP contribution in [0.3, 0.4) is 0 Å². The molecule has 1 aromatic carbocycles. The van der Waals surface area contributed by atoms with Crippen LogP contribution in [0.4, 0.5) is 9.52 Å². The molecule has 0 bridgehead atoms. The first-order chi connectivity index (χ1) is 11.7. The number of aromatic nitrogens is 1. The highest BCUT2D eigenvalue weighted by atomic mass is 32.1. The molecular weight excluding hydrogens is 337 g/mol. The molecule has 0 saturated carbocycles. The molecule has 1 aromatic heterocycles. The van der Waals surface area contributed by atoms with Crippen LogP contribution >= 0.6 is 11.3 Å².